The minimum Gasteiger partial charge on any atom is -0.289 e. The van der Waals surface area contributed by atoms with Crippen LogP contribution in [0.5, 0.6) is 0 Å². The van der Waals surface area contributed by atoms with Gasteiger partial charge in [-0.3, -0.25) is 9.59 Å². The van der Waals surface area contributed by atoms with Crippen LogP contribution >= 0.6 is 0 Å². The first-order valence-corrected chi connectivity index (χ1v) is 8.69. The van der Waals surface area contributed by atoms with Gasteiger partial charge in [0.2, 0.25) is 0 Å². The van der Waals surface area contributed by atoms with Crippen molar-refractivity contribution < 1.29 is 9.59 Å². The van der Waals surface area contributed by atoms with Crippen LogP contribution in [0.3, 0.4) is 0 Å². The summed E-state index contributed by atoms with van der Waals surface area (Å²) in [5, 5.41) is 7.69. The Morgan fingerprint density at radius 2 is 1.38 bits per heavy atom. The van der Waals surface area contributed by atoms with Crippen LogP contribution in [0.15, 0.2) is 75.6 Å². The molecule has 0 aliphatic heterocycles. The molecule has 0 fully saturated rings. The Morgan fingerprint density at radius 3 is 1.85 bits per heavy atom. The fourth-order valence-corrected chi connectivity index (χ4v) is 2.63. The maximum Gasteiger partial charge on any atom is 0.295 e. The number of ketones is 1. The number of hydrogen-bond donors (Lipinski definition) is 0. The lowest BCUT2D eigenvalue weighted by atomic mass is 9.72. The lowest BCUT2D eigenvalue weighted by molar-refractivity contribution is -0.114. The van der Waals surface area contributed by atoms with E-state index >= 15 is 0 Å². The standard InChI is InChI=1S/C22H26N2O2/c1-21(2,3)17-12-15(13-18(19(17)25)22(4,5)6)14-23-24-20(26)16-10-8-7-9-11-16/h7-14H,1-6H3/b24-23+. The van der Waals surface area contributed by atoms with Gasteiger partial charge in [-0.15, -0.1) is 5.11 Å². The van der Waals surface area contributed by atoms with Crippen molar-refractivity contribution in [2.24, 2.45) is 21.1 Å². The zero-order valence-corrected chi connectivity index (χ0v) is 16.3. The molecule has 1 aliphatic rings. The van der Waals surface area contributed by atoms with Gasteiger partial charge in [0.1, 0.15) is 0 Å². The van der Waals surface area contributed by atoms with Crippen molar-refractivity contribution in [3.8, 4) is 0 Å². The molecule has 1 amide bonds. The van der Waals surface area contributed by atoms with Crippen molar-refractivity contribution in [3.05, 3.63) is 71.0 Å². The molecule has 0 bridgehead atoms. The summed E-state index contributed by atoms with van der Waals surface area (Å²) in [5.41, 5.74) is 2.17. The second-order valence-electron chi connectivity index (χ2n) is 8.46. The Balaban J connectivity index is 2.36. The van der Waals surface area contributed by atoms with Crippen LogP contribution in [0.4, 0.5) is 0 Å². The van der Waals surface area contributed by atoms with Crippen LogP contribution in [0, 0.1) is 10.8 Å². The number of amides is 1. The first-order chi connectivity index (χ1) is 12.0. The molecule has 2 rings (SSSR count). The molecular weight excluding hydrogens is 324 g/mol. The summed E-state index contributed by atoms with van der Waals surface area (Å²) in [6, 6.07) is 8.80. The van der Waals surface area contributed by atoms with E-state index < -0.39 is 5.91 Å². The van der Waals surface area contributed by atoms with E-state index in [1.165, 1.54) is 6.20 Å². The molecule has 1 aliphatic carbocycles. The van der Waals surface area contributed by atoms with Crippen molar-refractivity contribution in [3.63, 3.8) is 0 Å². The van der Waals surface area contributed by atoms with Gasteiger partial charge in [0.05, 0.1) is 6.20 Å². The maximum absolute atomic E-state index is 12.9. The first-order valence-electron chi connectivity index (χ1n) is 8.69. The average Bonchev–Trinajstić information content (AvgIpc) is 2.54. The lowest BCUT2D eigenvalue weighted by Gasteiger charge is -2.31. The summed E-state index contributed by atoms with van der Waals surface area (Å²) in [5.74, 6) is -0.325. The summed E-state index contributed by atoms with van der Waals surface area (Å²) < 4.78 is 0. The summed E-state index contributed by atoms with van der Waals surface area (Å²) in [6.45, 7) is 12.1. The fraction of sp³-hybridized carbons (Fsp3) is 0.364. The number of Topliss-reactive ketones (excluding diaryl/α,β-unsaturated/α-hetero) is 1. The van der Waals surface area contributed by atoms with E-state index in [0.29, 0.717) is 5.56 Å². The van der Waals surface area contributed by atoms with E-state index in [9.17, 15) is 9.59 Å². The van der Waals surface area contributed by atoms with Gasteiger partial charge < -0.3 is 0 Å². The first kappa shape index (κ1) is 19.7. The van der Waals surface area contributed by atoms with Gasteiger partial charge in [-0.05, 0) is 40.7 Å². The Kier molecular flexibility index (Phi) is 5.55. The molecule has 0 saturated carbocycles. The van der Waals surface area contributed by atoms with Crippen LogP contribution in [-0.4, -0.2) is 11.7 Å². The molecule has 1 aromatic carbocycles. The molecule has 0 unspecified atom stereocenters. The van der Waals surface area contributed by atoms with Gasteiger partial charge >= 0.3 is 0 Å². The third-order valence-corrected chi connectivity index (χ3v) is 4.10. The molecule has 4 heteroatoms. The maximum atomic E-state index is 12.9. The molecule has 0 spiro atoms. The van der Waals surface area contributed by atoms with Crippen LogP contribution < -0.4 is 0 Å². The predicted octanol–water partition coefficient (Wildman–Crippen LogP) is 5.69. The normalized spacial score (nSPS) is 15.8. The van der Waals surface area contributed by atoms with Gasteiger partial charge in [-0.25, -0.2) is 0 Å². The molecule has 0 atom stereocenters. The van der Waals surface area contributed by atoms with E-state index in [2.05, 4.69) is 10.2 Å². The summed E-state index contributed by atoms with van der Waals surface area (Å²) in [7, 11) is 0. The smallest absolute Gasteiger partial charge is 0.289 e. The highest BCUT2D eigenvalue weighted by atomic mass is 16.1. The molecule has 0 radical (unpaired) electrons. The molecular formula is C22H26N2O2. The molecule has 1 aromatic rings. The second kappa shape index (κ2) is 7.32. The Hall–Kier alpha value is -2.62. The minimum absolute atomic E-state index is 0.0689. The molecule has 0 heterocycles. The van der Waals surface area contributed by atoms with Crippen LogP contribution in [0.25, 0.3) is 0 Å². The topological polar surface area (TPSA) is 58.9 Å². The second-order valence-corrected chi connectivity index (χ2v) is 8.46. The zero-order chi connectivity index (χ0) is 19.5. The highest BCUT2D eigenvalue weighted by Gasteiger charge is 2.33. The summed E-state index contributed by atoms with van der Waals surface area (Å²) in [4.78, 5) is 24.9. The van der Waals surface area contributed by atoms with E-state index in [-0.39, 0.29) is 16.6 Å². The van der Waals surface area contributed by atoms with E-state index in [0.717, 1.165) is 16.7 Å². The third kappa shape index (κ3) is 4.72. The van der Waals surface area contributed by atoms with Crippen molar-refractivity contribution in [2.75, 3.05) is 0 Å². The number of azo groups is 1. The van der Waals surface area contributed by atoms with Crippen molar-refractivity contribution in [1.82, 2.24) is 0 Å². The van der Waals surface area contributed by atoms with E-state index in [1.54, 1.807) is 24.3 Å². The number of nitrogens with zero attached hydrogens (tertiary/aromatic N) is 2. The zero-order valence-electron chi connectivity index (χ0n) is 16.3. The lowest BCUT2D eigenvalue weighted by Crippen LogP contribution is -2.27. The Bertz CT molecular complexity index is 791. The van der Waals surface area contributed by atoms with E-state index in [4.69, 9.17) is 0 Å². The monoisotopic (exact) mass is 350 g/mol. The van der Waals surface area contributed by atoms with Gasteiger partial charge in [0.15, 0.2) is 5.78 Å². The van der Waals surface area contributed by atoms with Crippen LogP contribution in [0.2, 0.25) is 0 Å². The SMILES string of the molecule is CC(C)(C)C1=CC(=C/N=N/C(=O)c2ccccc2)C=C(C(C)(C)C)C1=O. The van der Waals surface area contributed by atoms with Crippen molar-refractivity contribution >= 4 is 11.7 Å². The summed E-state index contributed by atoms with van der Waals surface area (Å²) >= 11 is 0. The molecule has 0 saturated heterocycles. The van der Waals surface area contributed by atoms with Gasteiger partial charge in [-0.2, -0.15) is 5.11 Å². The highest BCUT2D eigenvalue weighted by Crippen LogP contribution is 2.38. The van der Waals surface area contributed by atoms with Crippen LogP contribution in [0.1, 0.15) is 51.9 Å². The van der Waals surface area contributed by atoms with Gasteiger partial charge in [0, 0.05) is 16.7 Å². The fourth-order valence-electron chi connectivity index (χ4n) is 2.63. The van der Waals surface area contributed by atoms with Crippen molar-refractivity contribution in [1.29, 1.82) is 0 Å². The Morgan fingerprint density at radius 1 is 0.885 bits per heavy atom. The minimum atomic E-state index is -0.394. The third-order valence-electron chi connectivity index (χ3n) is 4.10. The predicted molar refractivity (Wildman–Crippen MR) is 104 cm³/mol. The molecule has 26 heavy (non-hydrogen) atoms. The summed E-state index contributed by atoms with van der Waals surface area (Å²) in [6.07, 6.45) is 5.21. The van der Waals surface area contributed by atoms with Crippen molar-refractivity contribution in [2.45, 2.75) is 41.5 Å². The number of hydrogen-bond acceptors (Lipinski definition) is 3. The largest absolute Gasteiger partial charge is 0.295 e. The Labute approximate surface area is 155 Å². The molecule has 4 nitrogen and oxygen atoms in total. The highest BCUT2D eigenvalue weighted by molar-refractivity contribution is 6.11. The number of rotatable bonds is 2. The number of allylic oxidation sites excluding steroid dienone is 5. The van der Waals surface area contributed by atoms with Gasteiger partial charge in [0.25, 0.3) is 5.91 Å². The number of carbonyl (C=O) groups is 2. The molecule has 136 valence electrons. The quantitative estimate of drug-likeness (QED) is 0.643. The molecule has 0 aromatic heterocycles. The number of carbonyl (C=O) groups excluding carboxylic acids is 2. The van der Waals surface area contributed by atoms with E-state index in [1.807, 2.05) is 59.8 Å². The average molecular weight is 350 g/mol. The van der Waals surface area contributed by atoms with Gasteiger partial charge in [-0.1, -0.05) is 59.7 Å². The van der Waals surface area contributed by atoms with Crippen LogP contribution in [-0.2, 0) is 4.79 Å². The number of benzene rings is 1. The molecule has 0 N–H and O–H groups in total.